The zero-order valence-corrected chi connectivity index (χ0v) is 11.4. The third-order valence-electron chi connectivity index (χ3n) is 4.33. The quantitative estimate of drug-likeness (QED) is 0.882. The van der Waals surface area contributed by atoms with Gasteiger partial charge in [-0.15, -0.1) is 0 Å². The number of hydrogen-bond acceptors (Lipinski definition) is 3. The van der Waals surface area contributed by atoms with Gasteiger partial charge in [0, 0.05) is 19.4 Å². The molecule has 1 saturated heterocycles. The van der Waals surface area contributed by atoms with Gasteiger partial charge in [-0.25, -0.2) is 4.98 Å². The molecule has 1 aromatic heterocycles. The number of imidazole rings is 1. The van der Waals surface area contributed by atoms with E-state index in [0.29, 0.717) is 12.4 Å². The Hall–Kier alpha value is -1.36. The maximum absolute atomic E-state index is 12.1. The number of aromatic nitrogens is 2. The summed E-state index contributed by atoms with van der Waals surface area (Å²) in [7, 11) is 1.83. The SMILES string of the molecule is Cn1ccnc1C(=O)N[C@@H]1COC2(CCCCC2)C1. The molecule has 2 aliphatic rings. The Balaban J connectivity index is 1.60. The van der Waals surface area contributed by atoms with Gasteiger partial charge in [-0.1, -0.05) is 19.3 Å². The molecular weight excluding hydrogens is 242 g/mol. The Morgan fingerprint density at radius 2 is 2.26 bits per heavy atom. The fourth-order valence-corrected chi connectivity index (χ4v) is 3.32. The molecule has 1 aliphatic heterocycles. The standard InChI is InChI=1S/C14H21N3O2/c1-17-8-7-15-12(17)13(18)16-11-9-14(19-10-11)5-3-2-4-6-14/h7-8,11H,2-6,9-10H2,1H3,(H,16,18)/t11-/m0/s1. The average Bonchev–Trinajstić information content (AvgIpc) is 2.98. The lowest BCUT2D eigenvalue weighted by Gasteiger charge is -2.32. The number of nitrogens with zero attached hydrogens (tertiary/aromatic N) is 2. The van der Waals surface area contributed by atoms with Gasteiger partial charge < -0.3 is 14.6 Å². The van der Waals surface area contributed by atoms with Crippen molar-refractivity contribution in [2.45, 2.75) is 50.2 Å². The first-order chi connectivity index (χ1) is 9.19. The number of hydrogen-bond donors (Lipinski definition) is 1. The second kappa shape index (κ2) is 4.96. The van der Waals surface area contributed by atoms with Gasteiger partial charge in [0.25, 0.3) is 5.91 Å². The van der Waals surface area contributed by atoms with Crippen LogP contribution in [-0.2, 0) is 11.8 Å². The van der Waals surface area contributed by atoms with Gasteiger partial charge in [0.2, 0.25) is 0 Å². The van der Waals surface area contributed by atoms with Crippen molar-refractivity contribution in [2.24, 2.45) is 7.05 Å². The molecule has 1 saturated carbocycles. The predicted molar refractivity (Wildman–Crippen MR) is 70.8 cm³/mol. The summed E-state index contributed by atoms with van der Waals surface area (Å²) in [5.41, 5.74) is 0.0395. The number of aryl methyl sites for hydroxylation is 1. The molecule has 0 aromatic carbocycles. The summed E-state index contributed by atoms with van der Waals surface area (Å²) in [6.07, 6.45) is 10.5. The molecule has 1 aromatic rings. The molecule has 0 bridgehead atoms. The lowest BCUT2D eigenvalue weighted by atomic mass is 9.82. The van der Waals surface area contributed by atoms with Crippen molar-refractivity contribution in [1.29, 1.82) is 0 Å². The molecular formula is C14H21N3O2. The van der Waals surface area contributed by atoms with Crippen molar-refractivity contribution >= 4 is 5.91 Å². The summed E-state index contributed by atoms with van der Waals surface area (Å²) < 4.78 is 7.74. The summed E-state index contributed by atoms with van der Waals surface area (Å²) >= 11 is 0. The minimum Gasteiger partial charge on any atom is -0.373 e. The predicted octanol–water partition coefficient (Wildman–Crippen LogP) is 1.64. The number of nitrogens with one attached hydrogen (secondary N) is 1. The van der Waals surface area contributed by atoms with E-state index in [1.165, 1.54) is 19.3 Å². The van der Waals surface area contributed by atoms with Crippen LogP contribution in [0.2, 0.25) is 0 Å². The van der Waals surface area contributed by atoms with Crippen LogP contribution in [0.25, 0.3) is 0 Å². The lowest BCUT2D eigenvalue weighted by Crippen LogP contribution is -2.38. The number of carbonyl (C=O) groups excluding carboxylic acids is 1. The number of ether oxygens (including phenoxy) is 1. The van der Waals surface area contributed by atoms with Gasteiger partial charge in [-0.05, 0) is 19.3 Å². The van der Waals surface area contributed by atoms with E-state index in [4.69, 9.17) is 4.74 Å². The minimum absolute atomic E-state index is 0.0395. The average molecular weight is 263 g/mol. The van der Waals surface area contributed by atoms with Crippen LogP contribution >= 0.6 is 0 Å². The molecule has 2 heterocycles. The van der Waals surface area contributed by atoms with Gasteiger partial charge in [0.15, 0.2) is 5.82 Å². The summed E-state index contributed by atoms with van der Waals surface area (Å²) in [5.74, 6) is 0.360. The van der Waals surface area contributed by atoms with Crippen LogP contribution in [0.5, 0.6) is 0 Å². The van der Waals surface area contributed by atoms with E-state index in [9.17, 15) is 4.79 Å². The zero-order chi connectivity index (χ0) is 13.3. The highest BCUT2D eigenvalue weighted by atomic mass is 16.5. The van der Waals surface area contributed by atoms with Gasteiger partial charge in [0.05, 0.1) is 18.2 Å². The molecule has 3 rings (SSSR count). The molecule has 5 heteroatoms. The van der Waals surface area contributed by atoms with E-state index in [0.717, 1.165) is 19.3 Å². The van der Waals surface area contributed by atoms with Gasteiger partial charge in [0.1, 0.15) is 0 Å². The molecule has 1 spiro atoms. The lowest BCUT2D eigenvalue weighted by molar-refractivity contribution is -0.0246. The topological polar surface area (TPSA) is 56.2 Å². The van der Waals surface area contributed by atoms with E-state index in [1.807, 2.05) is 7.05 Å². The van der Waals surface area contributed by atoms with Crippen molar-refractivity contribution < 1.29 is 9.53 Å². The molecule has 0 unspecified atom stereocenters. The Morgan fingerprint density at radius 3 is 2.95 bits per heavy atom. The highest BCUT2D eigenvalue weighted by molar-refractivity contribution is 5.90. The summed E-state index contributed by atoms with van der Waals surface area (Å²) in [6.45, 7) is 0.635. The fraction of sp³-hybridized carbons (Fsp3) is 0.714. The smallest absolute Gasteiger partial charge is 0.287 e. The highest BCUT2D eigenvalue weighted by Gasteiger charge is 2.41. The van der Waals surface area contributed by atoms with Crippen molar-refractivity contribution in [3.05, 3.63) is 18.2 Å². The molecule has 1 atom stereocenters. The third kappa shape index (κ3) is 2.52. The highest BCUT2D eigenvalue weighted by Crippen LogP contribution is 2.39. The third-order valence-corrected chi connectivity index (χ3v) is 4.33. The van der Waals surface area contributed by atoms with Crippen molar-refractivity contribution in [3.63, 3.8) is 0 Å². The summed E-state index contributed by atoms with van der Waals surface area (Å²) in [5, 5.41) is 3.05. The first kappa shape index (κ1) is 12.7. The Kier molecular flexibility index (Phi) is 3.31. The molecule has 0 radical (unpaired) electrons. The maximum Gasteiger partial charge on any atom is 0.287 e. The second-order valence-corrected chi connectivity index (χ2v) is 5.79. The number of amides is 1. The first-order valence-electron chi connectivity index (χ1n) is 7.11. The monoisotopic (exact) mass is 263 g/mol. The largest absolute Gasteiger partial charge is 0.373 e. The van der Waals surface area contributed by atoms with E-state index < -0.39 is 0 Å². The van der Waals surface area contributed by atoms with E-state index in [1.54, 1.807) is 17.0 Å². The van der Waals surface area contributed by atoms with Gasteiger partial charge >= 0.3 is 0 Å². The van der Waals surface area contributed by atoms with Gasteiger partial charge in [-0.3, -0.25) is 4.79 Å². The van der Waals surface area contributed by atoms with E-state index in [-0.39, 0.29) is 17.6 Å². The number of carbonyl (C=O) groups is 1. The zero-order valence-electron chi connectivity index (χ0n) is 11.4. The molecule has 1 aliphatic carbocycles. The molecule has 19 heavy (non-hydrogen) atoms. The minimum atomic E-state index is -0.103. The maximum atomic E-state index is 12.1. The van der Waals surface area contributed by atoms with Crippen molar-refractivity contribution in [2.75, 3.05) is 6.61 Å². The van der Waals surface area contributed by atoms with Crippen LogP contribution in [0.1, 0.15) is 49.1 Å². The van der Waals surface area contributed by atoms with Crippen LogP contribution < -0.4 is 5.32 Å². The van der Waals surface area contributed by atoms with Crippen LogP contribution in [0.3, 0.4) is 0 Å². The Morgan fingerprint density at radius 1 is 1.47 bits per heavy atom. The molecule has 104 valence electrons. The van der Waals surface area contributed by atoms with Crippen LogP contribution in [-0.4, -0.2) is 33.7 Å². The Labute approximate surface area is 113 Å². The molecule has 1 N–H and O–H groups in total. The molecule has 2 fully saturated rings. The van der Waals surface area contributed by atoms with Crippen LogP contribution in [0.15, 0.2) is 12.4 Å². The van der Waals surface area contributed by atoms with E-state index >= 15 is 0 Å². The molecule has 1 amide bonds. The first-order valence-corrected chi connectivity index (χ1v) is 7.11. The van der Waals surface area contributed by atoms with Crippen LogP contribution in [0, 0.1) is 0 Å². The summed E-state index contributed by atoms with van der Waals surface area (Å²) in [4.78, 5) is 16.2. The van der Waals surface area contributed by atoms with Crippen molar-refractivity contribution in [1.82, 2.24) is 14.9 Å². The van der Waals surface area contributed by atoms with Crippen molar-refractivity contribution in [3.8, 4) is 0 Å². The fourth-order valence-electron chi connectivity index (χ4n) is 3.32. The normalized spacial score (nSPS) is 25.6. The molecule has 5 nitrogen and oxygen atoms in total. The van der Waals surface area contributed by atoms with Crippen LogP contribution in [0.4, 0.5) is 0 Å². The summed E-state index contributed by atoms with van der Waals surface area (Å²) in [6, 6.07) is 0.127. The van der Waals surface area contributed by atoms with E-state index in [2.05, 4.69) is 10.3 Å². The second-order valence-electron chi connectivity index (χ2n) is 5.79. The Bertz CT molecular complexity index is 463. The van der Waals surface area contributed by atoms with Gasteiger partial charge in [-0.2, -0.15) is 0 Å². The number of rotatable bonds is 2.